The van der Waals surface area contributed by atoms with Crippen LogP contribution in [0.3, 0.4) is 0 Å². The van der Waals surface area contributed by atoms with E-state index in [1.165, 1.54) is 24.3 Å². The fourth-order valence-electron chi connectivity index (χ4n) is 4.14. The Hall–Kier alpha value is -3.46. The van der Waals surface area contributed by atoms with Gasteiger partial charge in [0.05, 0.1) is 5.69 Å². The molecule has 0 spiro atoms. The predicted octanol–water partition coefficient (Wildman–Crippen LogP) is 6.21. The number of hydrogen-bond donors (Lipinski definition) is 2. The van der Waals surface area contributed by atoms with Crippen molar-refractivity contribution >= 4 is 0 Å². The minimum atomic E-state index is -5.07. The van der Waals surface area contributed by atoms with Gasteiger partial charge in [0, 0.05) is 24.6 Å². The van der Waals surface area contributed by atoms with Crippen molar-refractivity contribution in [2.75, 3.05) is 13.1 Å². The van der Waals surface area contributed by atoms with E-state index in [0.717, 1.165) is 24.3 Å². The van der Waals surface area contributed by atoms with Crippen LogP contribution < -0.4 is 14.8 Å². The molecule has 40 heavy (non-hydrogen) atoms. The Balaban J connectivity index is 2.14. The molecule has 0 bridgehead atoms. The second-order valence-electron chi connectivity index (χ2n) is 8.85. The van der Waals surface area contributed by atoms with Crippen molar-refractivity contribution in [2.24, 2.45) is 0 Å². The number of halogens is 9. The SMILES string of the molecule is Cc1cc(CCC(CNC[C@H](O)C(F)(F)F)(c2cccc(OC(F)(F)F)c2)c2cccc(OC(F)(F)F)c2)no1. The van der Waals surface area contributed by atoms with Crippen LogP contribution >= 0.6 is 0 Å². The van der Waals surface area contributed by atoms with Gasteiger partial charge in [-0.3, -0.25) is 0 Å². The van der Waals surface area contributed by atoms with E-state index in [1.54, 1.807) is 13.0 Å². The molecule has 0 saturated carbocycles. The van der Waals surface area contributed by atoms with Gasteiger partial charge in [-0.05, 0) is 55.2 Å². The van der Waals surface area contributed by atoms with E-state index >= 15 is 0 Å². The molecule has 3 aromatic rings. The van der Waals surface area contributed by atoms with Crippen molar-refractivity contribution in [1.82, 2.24) is 10.5 Å². The Labute approximate surface area is 221 Å². The molecule has 1 heterocycles. The van der Waals surface area contributed by atoms with Crippen LogP contribution in [-0.2, 0) is 11.8 Å². The topological polar surface area (TPSA) is 76.8 Å². The van der Waals surface area contributed by atoms with E-state index in [-0.39, 0.29) is 24.0 Å². The Kier molecular flexibility index (Phi) is 9.29. The van der Waals surface area contributed by atoms with Gasteiger partial charge in [0.15, 0.2) is 6.10 Å². The zero-order valence-corrected chi connectivity index (χ0v) is 20.6. The minimum Gasteiger partial charge on any atom is -0.406 e. The number of aryl methyl sites for hydroxylation is 2. The van der Waals surface area contributed by atoms with Crippen molar-refractivity contribution in [3.8, 4) is 11.5 Å². The smallest absolute Gasteiger partial charge is 0.406 e. The Morgan fingerprint density at radius 3 is 1.80 bits per heavy atom. The zero-order valence-electron chi connectivity index (χ0n) is 20.6. The van der Waals surface area contributed by atoms with Gasteiger partial charge in [0.2, 0.25) is 0 Å². The molecule has 0 aliphatic carbocycles. The molecule has 0 fully saturated rings. The van der Waals surface area contributed by atoms with Crippen LogP contribution in [-0.4, -0.2) is 48.4 Å². The van der Waals surface area contributed by atoms with E-state index < -0.39 is 55.0 Å². The molecule has 0 radical (unpaired) electrons. The molecule has 1 atom stereocenters. The molecule has 2 N–H and O–H groups in total. The van der Waals surface area contributed by atoms with Crippen LogP contribution in [0.2, 0.25) is 0 Å². The molecule has 15 heteroatoms. The maximum absolute atomic E-state index is 13.0. The summed E-state index contributed by atoms with van der Waals surface area (Å²) >= 11 is 0. The third-order valence-corrected chi connectivity index (χ3v) is 5.87. The maximum atomic E-state index is 13.0. The number of nitrogens with one attached hydrogen (secondary N) is 1. The molecule has 220 valence electrons. The summed E-state index contributed by atoms with van der Waals surface area (Å²) in [5.74, 6) is -0.900. The first kappa shape index (κ1) is 31.1. The number of aromatic nitrogens is 1. The molecule has 3 rings (SSSR count). The average Bonchev–Trinajstić information content (AvgIpc) is 3.24. The summed E-state index contributed by atoms with van der Waals surface area (Å²) in [7, 11) is 0. The summed E-state index contributed by atoms with van der Waals surface area (Å²) in [6, 6.07) is 10.6. The average molecular weight is 586 g/mol. The fourth-order valence-corrected chi connectivity index (χ4v) is 4.14. The summed E-state index contributed by atoms with van der Waals surface area (Å²) < 4.78 is 130. The van der Waals surface area contributed by atoms with E-state index in [1.807, 2.05) is 0 Å². The lowest BCUT2D eigenvalue weighted by Crippen LogP contribution is -2.45. The molecule has 0 amide bonds. The highest BCUT2D eigenvalue weighted by atomic mass is 19.4. The van der Waals surface area contributed by atoms with Crippen LogP contribution in [0.4, 0.5) is 39.5 Å². The summed E-state index contributed by atoms with van der Waals surface area (Å²) in [6.45, 7) is 0.132. The van der Waals surface area contributed by atoms with Crippen molar-refractivity contribution in [3.63, 3.8) is 0 Å². The number of benzene rings is 2. The first-order chi connectivity index (χ1) is 18.5. The molecule has 6 nitrogen and oxygen atoms in total. The van der Waals surface area contributed by atoms with Crippen LogP contribution in [0.15, 0.2) is 59.1 Å². The summed E-state index contributed by atoms with van der Waals surface area (Å²) in [5.41, 5.74) is -1.07. The number of ether oxygens (including phenoxy) is 2. The number of alkyl halides is 9. The first-order valence-electron chi connectivity index (χ1n) is 11.6. The summed E-state index contributed by atoms with van der Waals surface area (Å²) in [6.07, 6.45) is -17.9. The molecular formula is C25H23F9N2O4. The highest BCUT2D eigenvalue weighted by Gasteiger charge is 2.40. The summed E-state index contributed by atoms with van der Waals surface area (Å²) in [4.78, 5) is 0. The van der Waals surface area contributed by atoms with Gasteiger partial charge in [-0.2, -0.15) is 13.2 Å². The zero-order chi connectivity index (χ0) is 29.8. The number of hydrogen-bond acceptors (Lipinski definition) is 6. The normalized spacial score (nSPS) is 13.8. The number of aliphatic hydroxyl groups is 1. The third kappa shape index (κ3) is 8.78. The van der Waals surface area contributed by atoms with Gasteiger partial charge in [0.25, 0.3) is 0 Å². The molecular weight excluding hydrogens is 563 g/mol. The number of nitrogens with zero attached hydrogens (tertiary/aromatic N) is 1. The minimum absolute atomic E-state index is 0.0511. The van der Waals surface area contributed by atoms with Gasteiger partial charge in [-0.25, -0.2) is 0 Å². The number of rotatable bonds is 11. The molecule has 1 aromatic heterocycles. The second-order valence-corrected chi connectivity index (χ2v) is 8.85. The quantitative estimate of drug-likeness (QED) is 0.260. The lowest BCUT2D eigenvalue weighted by Gasteiger charge is -2.36. The molecule has 2 aromatic carbocycles. The van der Waals surface area contributed by atoms with Crippen LogP contribution in [0.1, 0.15) is 29.0 Å². The molecule has 0 aliphatic heterocycles. The lowest BCUT2D eigenvalue weighted by molar-refractivity contribution is -0.275. The van der Waals surface area contributed by atoms with E-state index in [2.05, 4.69) is 19.9 Å². The van der Waals surface area contributed by atoms with Crippen molar-refractivity contribution in [3.05, 3.63) is 77.2 Å². The van der Waals surface area contributed by atoms with Crippen LogP contribution in [0, 0.1) is 6.92 Å². The Morgan fingerprint density at radius 1 is 0.850 bits per heavy atom. The fraction of sp³-hybridized carbons (Fsp3) is 0.400. The Bertz CT molecular complexity index is 1200. The summed E-state index contributed by atoms with van der Waals surface area (Å²) in [5, 5.41) is 15.8. The molecule has 0 unspecified atom stereocenters. The van der Waals surface area contributed by atoms with Gasteiger partial charge in [-0.1, -0.05) is 29.4 Å². The molecule has 0 saturated heterocycles. The third-order valence-electron chi connectivity index (χ3n) is 5.87. The molecule has 0 aliphatic rings. The van der Waals surface area contributed by atoms with E-state index in [4.69, 9.17) is 4.52 Å². The van der Waals surface area contributed by atoms with Crippen molar-refractivity contribution in [1.29, 1.82) is 0 Å². The maximum Gasteiger partial charge on any atom is 0.573 e. The predicted molar refractivity (Wildman–Crippen MR) is 122 cm³/mol. The van der Waals surface area contributed by atoms with E-state index in [0.29, 0.717) is 11.5 Å². The van der Waals surface area contributed by atoms with Gasteiger partial charge in [0.1, 0.15) is 17.3 Å². The lowest BCUT2D eigenvalue weighted by atomic mass is 9.70. The van der Waals surface area contributed by atoms with Crippen LogP contribution in [0.25, 0.3) is 0 Å². The highest BCUT2D eigenvalue weighted by Crippen LogP contribution is 2.40. The second kappa shape index (κ2) is 12.0. The van der Waals surface area contributed by atoms with Crippen LogP contribution in [0.5, 0.6) is 11.5 Å². The number of aliphatic hydroxyl groups excluding tert-OH is 1. The Morgan fingerprint density at radius 2 is 1.38 bits per heavy atom. The van der Waals surface area contributed by atoms with Crippen molar-refractivity contribution < 1.29 is 58.6 Å². The van der Waals surface area contributed by atoms with Crippen molar-refractivity contribution in [2.45, 2.75) is 50.2 Å². The monoisotopic (exact) mass is 586 g/mol. The largest absolute Gasteiger partial charge is 0.573 e. The highest BCUT2D eigenvalue weighted by molar-refractivity contribution is 5.46. The van der Waals surface area contributed by atoms with Gasteiger partial charge in [-0.15, -0.1) is 26.3 Å². The van der Waals surface area contributed by atoms with E-state index in [9.17, 15) is 44.6 Å². The first-order valence-corrected chi connectivity index (χ1v) is 11.6. The van der Waals surface area contributed by atoms with Gasteiger partial charge < -0.3 is 24.4 Å². The van der Waals surface area contributed by atoms with Gasteiger partial charge >= 0.3 is 18.9 Å². The standard InChI is InChI=1S/C25H23F9N2O4/c1-15-10-18(36-40-15)8-9-22(14-35-13-21(37)23(26,27)28,16-4-2-6-19(11-16)38-24(29,30)31)17-5-3-7-20(12-17)39-25(32,33)34/h2-7,10-12,21,35,37H,8-9,13-14H2,1H3/t21-/m0/s1.